The Hall–Kier alpha value is -3.77. The molecule has 0 aliphatic carbocycles. The average molecular weight is 434 g/mol. The fraction of sp³-hybridized carbons (Fsp3) is 0.500. The molecule has 1 aromatic rings. The first-order valence-electron chi connectivity index (χ1n) is 9.73. The van der Waals surface area contributed by atoms with E-state index in [0.717, 1.165) is 5.01 Å². The van der Waals surface area contributed by atoms with Gasteiger partial charge in [-0.3, -0.25) is 29.0 Å². The lowest BCUT2D eigenvalue weighted by Crippen LogP contribution is -2.64. The van der Waals surface area contributed by atoms with Crippen LogP contribution < -0.4 is 10.6 Å². The number of carboxylic acids is 1. The number of carboxylic acid groups (broad SMARTS) is 1. The van der Waals surface area contributed by atoms with Gasteiger partial charge in [0.2, 0.25) is 11.8 Å². The molecule has 13 heteroatoms. The molecule has 0 radical (unpaired) electrons. The highest BCUT2D eigenvalue weighted by molar-refractivity contribution is 5.98. The van der Waals surface area contributed by atoms with Crippen LogP contribution in [-0.4, -0.2) is 85.6 Å². The molecule has 0 unspecified atom stereocenters. The van der Waals surface area contributed by atoms with E-state index in [2.05, 4.69) is 20.6 Å². The van der Waals surface area contributed by atoms with Crippen molar-refractivity contribution in [2.24, 2.45) is 0 Å². The Balaban J connectivity index is 1.80. The maximum absolute atomic E-state index is 13.2. The van der Waals surface area contributed by atoms with E-state index in [-0.39, 0.29) is 37.5 Å². The molecule has 31 heavy (non-hydrogen) atoms. The molecule has 0 saturated carbocycles. The number of nitrogens with one attached hydrogen (secondary N) is 3. The Morgan fingerprint density at radius 2 is 2.10 bits per heavy atom. The molecule has 3 rings (SSSR count). The van der Waals surface area contributed by atoms with Crippen LogP contribution in [-0.2, 0) is 24.0 Å². The highest BCUT2D eigenvalue weighted by Crippen LogP contribution is 2.25. The first-order chi connectivity index (χ1) is 14.8. The van der Waals surface area contributed by atoms with Crippen molar-refractivity contribution in [3.8, 4) is 0 Å². The summed E-state index contributed by atoms with van der Waals surface area (Å²) < 4.78 is 0. The van der Waals surface area contributed by atoms with Crippen molar-refractivity contribution in [2.45, 2.75) is 50.2 Å². The molecule has 0 bridgehead atoms. The highest BCUT2D eigenvalue weighted by Gasteiger charge is 2.45. The molecule has 2 aliphatic rings. The summed E-state index contributed by atoms with van der Waals surface area (Å²) in [6.45, 7) is 0.222. The van der Waals surface area contributed by atoms with E-state index in [1.54, 1.807) is 0 Å². The number of amides is 4. The lowest BCUT2D eigenvalue weighted by atomic mass is 10.0. The van der Waals surface area contributed by atoms with Crippen LogP contribution in [0.3, 0.4) is 0 Å². The SMILES string of the molecule is O=C[C@H](CC(=O)O)NC(=O)[C@@H]1CCCN2C(=O)CC[C@H](NC(=O)c3ncc[nH]3)C(=O)N12. The number of imidazole rings is 1. The molecular weight excluding hydrogens is 412 g/mol. The standard InChI is InChI=1S/C18H22N6O7/c25-9-10(8-14(27)28)21-16(29)12-2-1-7-23-13(26)4-3-11(18(31)24(12)23)22-17(30)15-19-5-6-20-15/h5-6,9-12H,1-4,7-8H2,(H,19,20)(H,21,29)(H,22,30)(H,27,28)/t10-,11-,12-/m0/s1. The number of fused-ring (bicyclic) bond motifs is 1. The van der Waals surface area contributed by atoms with E-state index in [1.165, 1.54) is 17.4 Å². The largest absolute Gasteiger partial charge is 0.481 e. The first kappa shape index (κ1) is 21.9. The van der Waals surface area contributed by atoms with Gasteiger partial charge in [0.1, 0.15) is 18.4 Å². The Kier molecular flexibility index (Phi) is 6.62. The molecule has 166 valence electrons. The van der Waals surface area contributed by atoms with Crippen LogP contribution in [0.5, 0.6) is 0 Å². The fourth-order valence-corrected chi connectivity index (χ4v) is 3.62. The van der Waals surface area contributed by atoms with Crippen LogP contribution in [0.4, 0.5) is 0 Å². The van der Waals surface area contributed by atoms with Crippen LogP contribution in [0.15, 0.2) is 12.4 Å². The number of aromatic amines is 1. The smallest absolute Gasteiger partial charge is 0.305 e. The maximum Gasteiger partial charge on any atom is 0.305 e. The molecule has 2 fully saturated rings. The number of hydrogen-bond acceptors (Lipinski definition) is 7. The molecular formula is C18H22N6O7. The van der Waals surface area contributed by atoms with Gasteiger partial charge in [0.25, 0.3) is 11.8 Å². The van der Waals surface area contributed by atoms with Crippen molar-refractivity contribution in [1.29, 1.82) is 0 Å². The topological polar surface area (TPSA) is 182 Å². The zero-order chi connectivity index (χ0) is 22.5. The number of aromatic nitrogens is 2. The Labute approximate surface area is 176 Å². The average Bonchev–Trinajstić information content (AvgIpc) is 3.25. The zero-order valence-electron chi connectivity index (χ0n) is 16.4. The molecule has 0 aromatic carbocycles. The van der Waals surface area contributed by atoms with Crippen LogP contribution in [0.1, 0.15) is 42.7 Å². The predicted molar refractivity (Wildman–Crippen MR) is 101 cm³/mol. The molecule has 2 aliphatic heterocycles. The Bertz CT molecular complexity index is 886. The van der Waals surface area contributed by atoms with Gasteiger partial charge in [-0.2, -0.15) is 0 Å². The molecule has 0 spiro atoms. The molecule has 3 atom stereocenters. The molecule has 4 N–H and O–H groups in total. The van der Waals surface area contributed by atoms with E-state index in [4.69, 9.17) is 5.11 Å². The van der Waals surface area contributed by atoms with Crippen LogP contribution in [0.2, 0.25) is 0 Å². The summed E-state index contributed by atoms with van der Waals surface area (Å²) in [4.78, 5) is 79.3. The number of carbonyl (C=O) groups is 6. The number of H-pyrrole nitrogens is 1. The first-order valence-corrected chi connectivity index (χ1v) is 9.73. The number of hydrogen-bond donors (Lipinski definition) is 4. The van der Waals surface area contributed by atoms with Crippen molar-refractivity contribution >= 4 is 35.9 Å². The van der Waals surface area contributed by atoms with Gasteiger partial charge in [-0.15, -0.1) is 0 Å². The number of rotatable bonds is 7. The van der Waals surface area contributed by atoms with Crippen molar-refractivity contribution in [2.75, 3.05) is 6.54 Å². The summed E-state index contributed by atoms with van der Waals surface area (Å²) in [5, 5.41) is 15.9. The quantitative estimate of drug-likeness (QED) is 0.362. The summed E-state index contributed by atoms with van der Waals surface area (Å²) in [5.74, 6) is -3.68. The number of aldehydes is 1. The van der Waals surface area contributed by atoms with Crippen LogP contribution in [0, 0.1) is 0 Å². The fourth-order valence-electron chi connectivity index (χ4n) is 3.62. The van der Waals surface area contributed by atoms with Gasteiger partial charge in [-0.05, 0) is 19.3 Å². The minimum atomic E-state index is -1.27. The summed E-state index contributed by atoms with van der Waals surface area (Å²) in [7, 11) is 0. The van der Waals surface area contributed by atoms with Crippen LogP contribution in [0.25, 0.3) is 0 Å². The monoisotopic (exact) mass is 434 g/mol. The Morgan fingerprint density at radius 1 is 1.32 bits per heavy atom. The maximum atomic E-state index is 13.2. The van der Waals surface area contributed by atoms with Crippen molar-refractivity contribution in [3.05, 3.63) is 18.2 Å². The number of carbonyl (C=O) groups excluding carboxylic acids is 5. The van der Waals surface area contributed by atoms with Gasteiger partial charge >= 0.3 is 5.97 Å². The minimum Gasteiger partial charge on any atom is -0.481 e. The normalized spacial score (nSPS) is 22.2. The predicted octanol–water partition coefficient (Wildman–Crippen LogP) is -1.81. The van der Waals surface area contributed by atoms with Gasteiger partial charge < -0.3 is 25.5 Å². The second kappa shape index (κ2) is 9.36. The summed E-state index contributed by atoms with van der Waals surface area (Å²) in [6.07, 6.45) is 3.17. The minimum absolute atomic E-state index is 0.00402. The Morgan fingerprint density at radius 3 is 2.74 bits per heavy atom. The van der Waals surface area contributed by atoms with Crippen LogP contribution >= 0.6 is 0 Å². The molecule has 13 nitrogen and oxygen atoms in total. The second-order valence-electron chi connectivity index (χ2n) is 7.21. The number of aliphatic carboxylic acids is 1. The van der Waals surface area contributed by atoms with Gasteiger partial charge in [-0.25, -0.2) is 9.99 Å². The van der Waals surface area contributed by atoms with E-state index in [9.17, 15) is 28.8 Å². The molecule has 2 saturated heterocycles. The van der Waals surface area contributed by atoms with Crippen molar-refractivity contribution in [1.82, 2.24) is 30.6 Å². The lowest BCUT2D eigenvalue weighted by molar-refractivity contribution is -0.176. The van der Waals surface area contributed by atoms with Gasteiger partial charge in [0.15, 0.2) is 5.82 Å². The third kappa shape index (κ3) is 4.87. The van der Waals surface area contributed by atoms with Gasteiger partial charge in [0, 0.05) is 25.4 Å². The molecule has 1 aromatic heterocycles. The summed E-state index contributed by atoms with van der Waals surface area (Å²) in [5.41, 5.74) is 0. The van der Waals surface area contributed by atoms with Gasteiger partial charge in [-0.1, -0.05) is 0 Å². The van der Waals surface area contributed by atoms with E-state index < -0.39 is 48.2 Å². The third-order valence-electron chi connectivity index (χ3n) is 5.07. The second-order valence-corrected chi connectivity index (χ2v) is 7.21. The number of nitrogens with zero attached hydrogens (tertiary/aromatic N) is 3. The highest BCUT2D eigenvalue weighted by atomic mass is 16.4. The van der Waals surface area contributed by atoms with E-state index in [1.807, 2.05) is 0 Å². The molecule has 4 amide bonds. The zero-order valence-corrected chi connectivity index (χ0v) is 16.4. The van der Waals surface area contributed by atoms with Crippen molar-refractivity contribution in [3.63, 3.8) is 0 Å². The lowest BCUT2D eigenvalue weighted by Gasteiger charge is -2.43. The summed E-state index contributed by atoms with van der Waals surface area (Å²) in [6, 6.07) is -3.46. The van der Waals surface area contributed by atoms with E-state index in [0.29, 0.717) is 12.7 Å². The van der Waals surface area contributed by atoms with E-state index >= 15 is 0 Å². The summed E-state index contributed by atoms with van der Waals surface area (Å²) >= 11 is 0. The van der Waals surface area contributed by atoms with Crippen molar-refractivity contribution < 1.29 is 33.9 Å². The van der Waals surface area contributed by atoms with Gasteiger partial charge in [0.05, 0.1) is 12.5 Å². The molecule has 3 heterocycles. The third-order valence-corrected chi connectivity index (χ3v) is 5.07. The number of hydrazine groups is 1.